The molecule has 2 rings (SSSR count). The van der Waals surface area contributed by atoms with Crippen LogP contribution in [0.25, 0.3) is 0 Å². The van der Waals surface area contributed by atoms with E-state index in [0.717, 1.165) is 22.4 Å². The Morgan fingerprint density at radius 1 is 1.04 bits per heavy atom. The number of nitrogens with two attached hydrogens (primary N) is 1. The van der Waals surface area contributed by atoms with Gasteiger partial charge in [0.25, 0.3) is 11.8 Å². The fraction of sp³-hybridized carbons (Fsp3) is 0.286. The van der Waals surface area contributed by atoms with Crippen LogP contribution in [0.2, 0.25) is 0 Å². The zero-order chi connectivity index (χ0) is 20.8. The van der Waals surface area contributed by atoms with Crippen molar-refractivity contribution < 1.29 is 23.9 Å². The Hall–Kier alpha value is -3.35. The van der Waals surface area contributed by atoms with Gasteiger partial charge in [-0.05, 0) is 63.1 Å². The summed E-state index contributed by atoms with van der Waals surface area (Å²) in [6.07, 6.45) is -0.974. The smallest absolute Gasteiger partial charge is 0.338 e. The zero-order valence-electron chi connectivity index (χ0n) is 16.4. The number of rotatable bonds is 7. The van der Waals surface area contributed by atoms with Crippen LogP contribution in [-0.4, -0.2) is 30.5 Å². The maximum absolute atomic E-state index is 12.4. The maximum Gasteiger partial charge on any atom is 0.338 e. The fourth-order valence-corrected chi connectivity index (χ4v) is 2.73. The summed E-state index contributed by atoms with van der Waals surface area (Å²) in [5.74, 6) is -1.25. The van der Waals surface area contributed by atoms with Gasteiger partial charge in [0.2, 0.25) is 0 Å². The Kier molecular flexibility index (Phi) is 6.76. The van der Waals surface area contributed by atoms with Crippen LogP contribution < -0.4 is 15.8 Å². The fourth-order valence-electron chi connectivity index (χ4n) is 2.73. The largest absolute Gasteiger partial charge is 0.484 e. The van der Waals surface area contributed by atoms with Crippen LogP contribution in [0.3, 0.4) is 0 Å². The van der Waals surface area contributed by atoms with E-state index in [4.69, 9.17) is 15.2 Å². The summed E-state index contributed by atoms with van der Waals surface area (Å²) in [4.78, 5) is 35.4. The normalized spacial score (nSPS) is 11.4. The third-order valence-electron chi connectivity index (χ3n) is 4.05. The molecule has 2 aromatic rings. The lowest BCUT2D eigenvalue weighted by Crippen LogP contribution is -2.30. The number of ether oxygens (including phenoxy) is 2. The summed E-state index contributed by atoms with van der Waals surface area (Å²) in [7, 11) is 0. The number of amides is 2. The molecule has 7 nitrogen and oxygen atoms in total. The molecule has 148 valence electrons. The van der Waals surface area contributed by atoms with Gasteiger partial charge in [-0.15, -0.1) is 0 Å². The lowest BCUT2D eigenvalue weighted by Gasteiger charge is -2.17. The number of benzene rings is 2. The second-order valence-corrected chi connectivity index (χ2v) is 6.59. The molecule has 2 amide bonds. The average molecular weight is 384 g/mol. The number of aryl methyl sites for hydroxylation is 3. The number of primary amides is 1. The van der Waals surface area contributed by atoms with Crippen LogP contribution in [0.4, 0.5) is 5.69 Å². The molecule has 2 aromatic carbocycles. The second kappa shape index (κ2) is 9.03. The van der Waals surface area contributed by atoms with Crippen molar-refractivity contribution in [3.05, 3.63) is 58.7 Å². The van der Waals surface area contributed by atoms with E-state index < -0.39 is 23.9 Å². The SMILES string of the molecule is Cc1cc(C)c(NC(=O)[C@@H](C)OC(=O)c2ccc(OCC(N)=O)cc2)c(C)c1. The van der Waals surface area contributed by atoms with E-state index in [1.165, 1.54) is 31.2 Å². The van der Waals surface area contributed by atoms with Gasteiger partial charge in [-0.3, -0.25) is 9.59 Å². The number of hydrogen-bond acceptors (Lipinski definition) is 5. The minimum atomic E-state index is -0.974. The number of anilines is 1. The van der Waals surface area contributed by atoms with Crippen molar-refractivity contribution in [3.8, 4) is 5.75 Å². The lowest BCUT2D eigenvalue weighted by atomic mass is 10.0. The van der Waals surface area contributed by atoms with Crippen molar-refractivity contribution >= 4 is 23.5 Å². The molecular formula is C21H24N2O5. The van der Waals surface area contributed by atoms with Gasteiger partial charge in [-0.2, -0.15) is 0 Å². The Morgan fingerprint density at radius 3 is 2.14 bits per heavy atom. The van der Waals surface area contributed by atoms with Crippen molar-refractivity contribution in [1.82, 2.24) is 0 Å². The highest BCUT2D eigenvalue weighted by Crippen LogP contribution is 2.22. The number of nitrogens with one attached hydrogen (secondary N) is 1. The quantitative estimate of drug-likeness (QED) is 0.714. The van der Waals surface area contributed by atoms with Crippen molar-refractivity contribution in [2.45, 2.75) is 33.8 Å². The van der Waals surface area contributed by atoms with Crippen LogP contribution in [0.15, 0.2) is 36.4 Å². The number of hydrogen-bond donors (Lipinski definition) is 2. The number of esters is 1. The van der Waals surface area contributed by atoms with Crippen molar-refractivity contribution in [2.75, 3.05) is 11.9 Å². The highest BCUT2D eigenvalue weighted by atomic mass is 16.5. The van der Waals surface area contributed by atoms with Crippen LogP contribution in [0.5, 0.6) is 5.75 Å². The first-order chi connectivity index (χ1) is 13.2. The summed E-state index contributed by atoms with van der Waals surface area (Å²) in [6.45, 7) is 7.07. The molecule has 0 aliphatic carbocycles. The molecule has 0 aromatic heterocycles. The Balaban J connectivity index is 1.98. The molecule has 7 heteroatoms. The van der Waals surface area contributed by atoms with E-state index in [-0.39, 0.29) is 12.2 Å². The summed E-state index contributed by atoms with van der Waals surface area (Å²) in [5, 5.41) is 2.82. The van der Waals surface area contributed by atoms with Crippen molar-refractivity contribution in [1.29, 1.82) is 0 Å². The molecule has 1 atom stereocenters. The highest BCUT2D eigenvalue weighted by molar-refractivity contribution is 5.98. The second-order valence-electron chi connectivity index (χ2n) is 6.59. The molecule has 0 aliphatic heterocycles. The van der Waals surface area contributed by atoms with E-state index in [9.17, 15) is 14.4 Å². The maximum atomic E-state index is 12.4. The molecule has 0 radical (unpaired) electrons. The Morgan fingerprint density at radius 2 is 1.61 bits per heavy atom. The molecule has 3 N–H and O–H groups in total. The van der Waals surface area contributed by atoms with E-state index in [2.05, 4.69) is 5.32 Å². The summed E-state index contributed by atoms with van der Waals surface area (Å²) >= 11 is 0. The first-order valence-electron chi connectivity index (χ1n) is 8.78. The number of carbonyl (C=O) groups is 3. The summed E-state index contributed by atoms with van der Waals surface area (Å²) in [6, 6.07) is 9.95. The first-order valence-corrected chi connectivity index (χ1v) is 8.78. The molecule has 0 saturated heterocycles. The molecule has 0 bridgehead atoms. The number of carbonyl (C=O) groups excluding carboxylic acids is 3. The Labute approximate surface area is 163 Å². The van der Waals surface area contributed by atoms with Gasteiger partial charge in [-0.25, -0.2) is 4.79 Å². The third-order valence-corrected chi connectivity index (χ3v) is 4.05. The summed E-state index contributed by atoms with van der Waals surface area (Å²) in [5.41, 5.74) is 8.97. The van der Waals surface area contributed by atoms with E-state index in [1.54, 1.807) is 0 Å². The van der Waals surface area contributed by atoms with Gasteiger partial charge in [0.1, 0.15) is 5.75 Å². The zero-order valence-corrected chi connectivity index (χ0v) is 16.4. The average Bonchev–Trinajstić information content (AvgIpc) is 2.63. The van der Waals surface area contributed by atoms with Crippen molar-refractivity contribution in [2.24, 2.45) is 5.73 Å². The van der Waals surface area contributed by atoms with Crippen molar-refractivity contribution in [3.63, 3.8) is 0 Å². The minimum Gasteiger partial charge on any atom is -0.484 e. The van der Waals surface area contributed by atoms with Gasteiger partial charge in [0.15, 0.2) is 12.7 Å². The van der Waals surface area contributed by atoms with E-state index >= 15 is 0 Å². The molecule has 0 spiro atoms. The summed E-state index contributed by atoms with van der Waals surface area (Å²) < 4.78 is 10.4. The first kappa shape index (κ1) is 21.0. The van der Waals surface area contributed by atoms with Gasteiger partial charge < -0.3 is 20.5 Å². The van der Waals surface area contributed by atoms with Gasteiger partial charge in [-0.1, -0.05) is 17.7 Å². The Bertz CT molecular complexity index is 867. The highest BCUT2D eigenvalue weighted by Gasteiger charge is 2.20. The topological polar surface area (TPSA) is 108 Å². The molecular weight excluding hydrogens is 360 g/mol. The van der Waals surface area contributed by atoms with Crippen LogP contribution >= 0.6 is 0 Å². The predicted octanol–water partition coefficient (Wildman–Crippen LogP) is 2.66. The predicted molar refractivity (Wildman–Crippen MR) is 105 cm³/mol. The third kappa shape index (κ3) is 5.57. The van der Waals surface area contributed by atoms with Crippen LogP contribution in [0, 0.1) is 20.8 Å². The van der Waals surface area contributed by atoms with E-state index in [0.29, 0.717) is 5.75 Å². The van der Waals surface area contributed by atoms with Gasteiger partial charge >= 0.3 is 5.97 Å². The molecule has 28 heavy (non-hydrogen) atoms. The van der Waals surface area contributed by atoms with E-state index in [1.807, 2.05) is 32.9 Å². The van der Waals surface area contributed by atoms with Gasteiger partial charge in [0.05, 0.1) is 5.56 Å². The lowest BCUT2D eigenvalue weighted by molar-refractivity contribution is -0.123. The van der Waals surface area contributed by atoms with Gasteiger partial charge in [0, 0.05) is 5.69 Å². The molecule has 0 unspecified atom stereocenters. The monoisotopic (exact) mass is 384 g/mol. The molecule has 0 aliphatic rings. The molecule has 0 heterocycles. The van der Waals surface area contributed by atoms with Crippen LogP contribution in [0.1, 0.15) is 34.0 Å². The minimum absolute atomic E-state index is 0.251. The standard InChI is InChI=1S/C21H24N2O5/c1-12-9-13(2)19(14(3)10-12)23-20(25)15(4)28-21(26)16-5-7-17(8-6-16)27-11-18(22)24/h5-10,15H,11H2,1-4H3,(H2,22,24)(H,23,25)/t15-/m1/s1. The van der Waals surface area contributed by atoms with Crippen LogP contribution in [-0.2, 0) is 14.3 Å². The molecule has 0 saturated carbocycles. The molecule has 0 fully saturated rings.